The second-order valence-electron chi connectivity index (χ2n) is 8.40. The van der Waals surface area contributed by atoms with E-state index in [0.29, 0.717) is 40.2 Å². The second-order valence-corrected chi connectivity index (χ2v) is 8.40. The van der Waals surface area contributed by atoms with E-state index < -0.39 is 5.97 Å². The van der Waals surface area contributed by atoms with Gasteiger partial charge < -0.3 is 15.2 Å². The summed E-state index contributed by atoms with van der Waals surface area (Å²) in [6, 6.07) is 15.5. The van der Waals surface area contributed by atoms with Gasteiger partial charge in [0.1, 0.15) is 11.4 Å². The third-order valence-electron chi connectivity index (χ3n) is 6.00. The topological polar surface area (TPSA) is 100 Å². The number of unbranched alkanes of at least 4 members (excludes halogenated alkanes) is 1. The van der Waals surface area contributed by atoms with Gasteiger partial charge in [-0.25, -0.2) is 4.79 Å². The first-order chi connectivity index (χ1) is 17.0. The van der Waals surface area contributed by atoms with E-state index in [4.69, 9.17) is 4.74 Å². The number of aromatic hydroxyl groups is 1. The minimum atomic E-state index is -0.480. The van der Waals surface area contributed by atoms with Crippen LogP contribution in [0.4, 0.5) is 11.4 Å². The monoisotopic (exact) mass is 475 g/mol. The summed E-state index contributed by atoms with van der Waals surface area (Å²) in [7, 11) is 0. The number of amides is 1. The minimum Gasteiger partial charge on any atom is -0.506 e. The number of phenols is 1. The first kappa shape index (κ1) is 25.9. The molecule has 0 bridgehead atoms. The van der Waals surface area contributed by atoms with Gasteiger partial charge in [0.2, 0.25) is 0 Å². The second kappa shape index (κ2) is 12.6. The number of azo groups is 1. The van der Waals surface area contributed by atoms with Gasteiger partial charge >= 0.3 is 5.97 Å². The van der Waals surface area contributed by atoms with Crippen molar-refractivity contribution in [2.45, 2.75) is 46.5 Å². The van der Waals surface area contributed by atoms with Gasteiger partial charge in [0.05, 0.1) is 23.4 Å². The Hall–Kier alpha value is -3.74. The zero-order valence-corrected chi connectivity index (χ0v) is 20.6. The predicted octanol–water partition coefficient (Wildman–Crippen LogP) is 7.08. The van der Waals surface area contributed by atoms with Crippen molar-refractivity contribution in [2.24, 2.45) is 16.1 Å². The quantitative estimate of drug-likeness (QED) is 0.228. The summed E-state index contributed by atoms with van der Waals surface area (Å²) in [4.78, 5) is 25.3. The molecule has 1 atom stereocenters. The van der Waals surface area contributed by atoms with Crippen molar-refractivity contribution >= 4 is 34.0 Å². The molecule has 2 N–H and O–H groups in total. The molecule has 0 saturated heterocycles. The van der Waals surface area contributed by atoms with Crippen LogP contribution >= 0.6 is 0 Å². The molecule has 1 amide bonds. The van der Waals surface area contributed by atoms with Gasteiger partial charge in [0.25, 0.3) is 5.91 Å². The Morgan fingerprint density at radius 1 is 0.943 bits per heavy atom. The summed E-state index contributed by atoms with van der Waals surface area (Å²) in [5.41, 5.74) is 1.22. The maximum Gasteiger partial charge on any atom is 0.340 e. The normalized spacial score (nSPS) is 12.1. The smallest absolute Gasteiger partial charge is 0.340 e. The third kappa shape index (κ3) is 6.44. The van der Waals surface area contributed by atoms with Gasteiger partial charge in [0.15, 0.2) is 0 Å². The van der Waals surface area contributed by atoms with Crippen LogP contribution in [0.2, 0.25) is 0 Å². The van der Waals surface area contributed by atoms with Gasteiger partial charge in [-0.1, -0.05) is 69.5 Å². The Morgan fingerprint density at radius 3 is 2.34 bits per heavy atom. The molecule has 0 aromatic heterocycles. The molecule has 0 aliphatic carbocycles. The molecular formula is C28H33N3O4. The number of fused-ring (bicyclic) bond motifs is 1. The predicted molar refractivity (Wildman–Crippen MR) is 138 cm³/mol. The van der Waals surface area contributed by atoms with E-state index in [2.05, 4.69) is 29.4 Å². The molecule has 184 valence electrons. The summed E-state index contributed by atoms with van der Waals surface area (Å²) in [6.07, 6.45) is 4.26. The number of nitrogens with one attached hydrogen (secondary N) is 1. The Balaban J connectivity index is 1.95. The molecular weight excluding hydrogens is 442 g/mol. The number of carbonyl (C=O) groups excluding carboxylic acids is 2. The van der Waals surface area contributed by atoms with E-state index in [1.54, 1.807) is 49.4 Å². The highest BCUT2D eigenvalue weighted by molar-refractivity contribution is 6.07. The molecule has 1 unspecified atom stereocenters. The molecule has 0 radical (unpaired) electrons. The van der Waals surface area contributed by atoms with Crippen LogP contribution in [-0.4, -0.2) is 30.1 Å². The van der Waals surface area contributed by atoms with E-state index in [9.17, 15) is 14.7 Å². The largest absolute Gasteiger partial charge is 0.506 e. The van der Waals surface area contributed by atoms with E-state index >= 15 is 0 Å². The zero-order chi connectivity index (χ0) is 25.2. The van der Waals surface area contributed by atoms with Crippen molar-refractivity contribution in [2.75, 3.05) is 13.2 Å². The van der Waals surface area contributed by atoms with Crippen LogP contribution in [0.15, 0.2) is 64.8 Å². The van der Waals surface area contributed by atoms with Crippen LogP contribution in [-0.2, 0) is 4.74 Å². The number of esters is 1. The van der Waals surface area contributed by atoms with Gasteiger partial charge in [-0.15, -0.1) is 10.2 Å². The number of carbonyl (C=O) groups is 2. The van der Waals surface area contributed by atoms with Crippen LogP contribution in [0.1, 0.15) is 67.2 Å². The van der Waals surface area contributed by atoms with Crippen LogP contribution in [0.25, 0.3) is 10.8 Å². The fourth-order valence-electron chi connectivity index (χ4n) is 3.92. The number of hydrogen-bond donors (Lipinski definition) is 2. The maximum absolute atomic E-state index is 13.0. The SMILES string of the molecule is CCCCC(CC)CNC(=O)c1cc(N=Nc2ccccc2C(=O)OCC)c2ccccc2c1O. The fraction of sp³-hybridized carbons (Fsp3) is 0.357. The standard InChI is InChI=1S/C28H33N3O4/c1-4-7-12-19(5-2)18-29-27(33)23-17-25(20-13-8-9-14-21(20)26(23)32)31-30-24-16-11-10-15-22(24)28(34)35-6-3/h8-11,13-17,19,32H,4-7,12,18H2,1-3H3,(H,29,33). The number of nitrogens with zero attached hydrogens (tertiary/aromatic N) is 2. The molecule has 35 heavy (non-hydrogen) atoms. The Labute approximate surface area is 206 Å². The maximum atomic E-state index is 13.0. The highest BCUT2D eigenvalue weighted by Gasteiger charge is 2.19. The van der Waals surface area contributed by atoms with Crippen molar-refractivity contribution in [3.8, 4) is 5.75 Å². The molecule has 0 aliphatic heterocycles. The highest BCUT2D eigenvalue weighted by atomic mass is 16.5. The summed E-state index contributed by atoms with van der Waals surface area (Å²) in [5, 5.41) is 23.7. The average Bonchev–Trinajstić information content (AvgIpc) is 2.88. The Bertz CT molecular complexity index is 1210. The van der Waals surface area contributed by atoms with Crippen molar-refractivity contribution in [3.63, 3.8) is 0 Å². The first-order valence-electron chi connectivity index (χ1n) is 12.2. The lowest BCUT2D eigenvalue weighted by molar-refractivity contribution is 0.0527. The summed E-state index contributed by atoms with van der Waals surface area (Å²) in [5.74, 6) is -0.538. The van der Waals surface area contributed by atoms with Crippen LogP contribution < -0.4 is 5.32 Å². The molecule has 7 nitrogen and oxygen atoms in total. The van der Waals surface area contributed by atoms with Gasteiger partial charge in [-0.3, -0.25) is 4.79 Å². The van der Waals surface area contributed by atoms with E-state index in [1.165, 1.54) is 6.07 Å². The fourth-order valence-corrected chi connectivity index (χ4v) is 3.92. The lowest BCUT2D eigenvalue weighted by Gasteiger charge is -2.16. The van der Waals surface area contributed by atoms with Gasteiger partial charge in [0, 0.05) is 17.3 Å². The van der Waals surface area contributed by atoms with Crippen molar-refractivity contribution in [1.82, 2.24) is 5.32 Å². The van der Waals surface area contributed by atoms with Crippen LogP contribution in [0.5, 0.6) is 5.75 Å². The summed E-state index contributed by atoms with van der Waals surface area (Å²) >= 11 is 0. The van der Waals surface area contributed by atoms with E-state index in [0.717, 1.165) is 25.7 Å². The lowest BCUT2D eigenvalue weighted by atomic mass is 9.99. The molecule has 3 aromatic rings. The molecule has 0 saturated carbocycles. The number of phenolic OH excluding ortho intramolecular Hbond substituents is 1. The molecule has 0 heterocycles. The number of rotatable bonds is 11. The first-order valence-corrected chi connectivity index (χ1v) is 12.2. The molecule has 3 rings (SSSR count). The lowest BCUT2D eigenvalue weighted by Crippen LogP contribution is -2.29. The Morgan fingerprint density at radius 2 is 1.63 bits per heavy atom. The van der Waals surface area contributed by atoms with Crippen molar-refractivity contribution in [1.29, 1.82) is 0 Å². The number of ether oxygens (including phenoxy) is 1. The molecule has 0 fully saturated rings. The summed E-state index contributed by atoms with van der Waals surface area (Å²) < 4.78 is 5.11. The highest BCUT2D eigenvalue weighted by Crippen LogP contribution is 2.37. The third-order valence-corrected chi connectivity index (χ3v) is 6.00. The molecule has 7 heteroatoms. The molecule has 0 spiro atoms. The van der Waals surface area contributed by atoms with E-state index in [-0.39, 0.29) is 23.8 Å². The minimum absolute atomic E-state index is 0.0921. The van der Waals surface area contributed by atoms with Crippen LogP contribution in [0, 0.1) is 5.92 Å². The van der Waals surface area contributed by atoms with Crippen molar-refractivity contribution < 1.29 is 19.4 Å². The number of hydrogen-bond acceptors (Lipinski definition) is 6. The zero-order valence-electron chi connectivity index (χ0n) is 20.6. The van der Waals surface area contributed by atoms with Crippen LogP contribution in [0.3, 0.4) is 0 Å². The van der Waals surface area contributed by atoms with Gasteiger partial charge in [-0.2, -0.15) is 0 Å². The number of benzene rings is 3. The van der Waals surface area contributed by atoms with E-state index in [1.807, 2.05) is 6.07 Å². The molecule has 3 aromatic carbocycles. The Kier molecular flexibility index (Phi) is 9.35. The summed E-state index contributed by atoms with van der Waals surface area (Å²) in [6.45, 7) is 6.81. The van der Waals surface area contributed by atoms with Crippen molar-refractivity contribution in [3.05, 3.63) is 65.7 Å². The molecule has 0 aliphatic rings. The average molecular weight is 476 g/mol. The van der Waals surface area contributed by atoms with Gasteiger partial charge in [-0.05, 0) is 37.5 Å².